The fraction of sp³-hybridized carbons (Fsp3) is 0.459. The largest absolute Gasteiger partial charge is 0.508 e. The molecule has 12 rings (SSSR count). The number of ether oxygens (including phenoxy) is 1. The van der Waals surface area contributed by atoms with E-state index in [1.807, 2.05) is 54.1 Å². The Morgan fingerprint density at radius 3 is 2.46 bits per heavy atom. The van der Waals surface area contributed by atoms with Crippen molar-refractivity contribution in [1.29, 1.82) is 0 Å². The number of nitrogens with zero attached hydrogens (tertiary/aromatic N) is 9. The van der Waals surface area contributed by atoms with Crippen LogP contribution in [0.1, 0.15) is 117 Å². The van der Waals surface area contributed by atoms with Crippen LogP contribution in [0.4, 0.5) is 14.6 Å². The van der Waals surface area contributed by atoms with Crippen LogP contribution in [0.3, 0.4) is 0 Å². The molecule has 418 valence electrons. The molecule has 19 heteroatoms. The summed E-state index contributed by atoms with van der Waals surface area (Å²) in [6, 6.07) is 19.2. The number of likely N-dealkylation sites (N-methyl/N-ethyl adjacent to an activating group) is 1. The number of pyridine rings is 1. The predicted molar refractivity (Wildman–Crippen MR) is 300 cm³/mol. The average Bonchev–Trinajstić information content (AvgIpc) is 4.11. The zero-order chi connectivity index (χ0) is 55.8. The molecular weight excluding hydrogens is 1020 g/mol. The quantitative estimate of drug-likeness (QED) is 0.0946. The maximum Gasteiger partial charge on any atom is 0.329 e. The number of halogens is 2. The molecule has 5 fully saturated rings. The number of aliphatic hydroxyl groups is 1. The second-order valence-corrected chi connectivity index (χ2v) is 23.4. The number of imide groups is 1. The standard InChI is InChI=1S/C61H68F2N10O7/c1-5-43-46(62)14-12-40-28-42(74)30-44(51(40)43)53-52(63)54-45(31-64-53)55(71-24-6-21-60(2,79)34-71)67-58(66-54)80-35-61-22-7-25-72(61)41(18-23-61)33-68(3)57(77)38-10-8-36(9-11-38)32-70-26-19-37(20-27-70)39-13-15-47-49(29-39)69(4)59(78)73(47)48-16-17-50(75)65-56(48)76/h8-15,28-31,37,41,48,74,79H,5-7,16-27,32-35H2,1-4H3,(H,65,75,76)/t41-,48?,60+,61-/m0/s1. The summed E-state index contributed by atoms with van der Waals surface area (Å²) in [6.45, 7) is 8.61. The Morgan fingerprint density at radius 2 is 1.70 bits per heavy atom. The molecule has 8 heterocycles. The number of anilines is 1. The van der Waals surface area contributed by atoms with Gasteiger partial charge in [0.2, 0.25) is 11.8 Å². The number of nitrogens with one attached hydrogen (secondary N) is 1. The van der Waals surface area contributed by atoms with Gasteiger partial charge in [0.1, 0.15) is 41.2 Å². The van der Waals surface area contributed by atoms with E-state index in [1.165, 1.54) is 29.0 Å². The number of phenolic OH excluding ortho intramolecular Hbond substituents is 1. The summed E-state index contributed by atoms with van der Waals surface area (Å²) in [7, 11) is 3.58. The minimum Gasteiger partial charge on any atom is -0.508 e. The van der Waals surface area contributed by atoms with E-state index >= 15 is 8.78 Å². The first kappa shape index (κ1) is 53.3. The topological polar surface area (TPSA) is 191 Å². The number of phenols is 1. The van der Waals surface area contributed by atoms with Crippen LogP contribution >= 0.6 is 0 Å². The summed E-state index contributed by atoms with van der Waals surface area (Å²) in [5.74, 6) is -1.40. The van der Waals surface area contributed by atoms with Crippen LogP contribution in [0.15, 0.2) is 77.7 Å². The minimum absolute atomic E-state index is 0.00894. The number of aromatic hydroxyl groups is 1. The molecule has 0 aliphatic carbocycles. The van der Waals surface area contributed by atoms with E-state index < -0.39 is 29.2 Å². The summed E-state index contributed by atoms with van der Waals surface area (Å²) in [5.41, 5.74) is 3.26. The van der Waals surface area contributed by atoms with E-state index in [0.717, 1.165) is 81.3 Å². The number of likely N-dealkylation sites (tertiary alicyclic amines) is 1. The van der Waals surface area contributed by atoms with Gasteiger partial charge in [-0.1, -0.05) is 31.2 Å². The Hall–Kier alpha value is -7.35. The predicted octanol–water partition coefficient (Wildman–Crippen LogP) is 7.90. The van der Waals surface area contributed by atoms with E-state index in [1.54, 1.807) is 24.6 Å². The molecule has 3 N–H and O–H groups in total. The third-order valence-electron chi connectivity index (χ3n) is 18.0. The maximum absolute atomic E-state index is 17.3. The molecule has 4 atom stereocenters. The number of carbonyl (C=O) groups is 3. The summed E-state index contributed by atoms with van der Waals surface area (Å²) < 4.78 is 42.3. The molecule has 1 unspecified atom stereocenters. The van der Waals surface area contributed by atoms with Gasteiger partial charge in [-0.15, -0.1) is 0 Å². The highest BCUT2D eigenvalue weighted by atomic mass is 19.1. The van der Waals surface area contributed by atoms with Crippen molar-refractivity contribution >= 4 is 56.2 Å². The lowest BCUT2D eigenvalue weighted by Gasteiger charge is -2.38. The number of aryl methyl sites for hydroxylation is 2. The van der Waals surface area contributed by atoms with Crippen LogP contribution < -0.4 is 20.6 Å². The van der Waals surface area contributed by atoms with Crippen molar-refractivity contribution in [3.8, 4) is 23.0 Å². The molecule has 4 aromatic carbocycles. The molecule has 0 saturated carbocycles. The molecule has 0 bridgehead atoms. The number of rotatable bonds is 13. The molecule has 5 aliphatic rings. The zero-order valence-electron chi connectivity index (χ0n) is 45.8. The number of hydrogen-bond donors (Lipinski definition) is 3. The van der Waals surface area contributed by atoms with Crippen molar-refractivity contribution in [2.45, 2.75) is 120 Å². The van der Waals surface area contributed by atoms with Crippen molar-refractivity contribution in [1.82, 2.24) is 44.1 Å². The van der Waals surface area contributed by atoms with E-state index in [-0.39, 0.29) is 77.2 Å². The SMILES string of the molecule is CCc1c(F)ccc2cc(O)cc(-c3ncc4c(N5CCC[C@@](C)(O)C5)nc(OC[C@@]56CCCN5[C@H](CN(C)C(=O)c5ccc(CN7CCC(c8ccc9c(c8)n(C)c(=O)n9C8CCC(=O)NC8=O)CC7)cc5)CC6)nc4c3F)c12. The Morgan fingerprint density at radius 1 is 0.912 bits per heavy atom. The van der Waals surface area contributed by atoms with Crippen LogP contribution in [-0.2, 0) is 29.6 Å². The van der Waals surface area contributed by atoms with Gasteiger partial charge < -0.3 is 24.7 Å². The number of β-amino-alcohol motifs (C(OH)–C–C–N with tert-alkyl or cyclic N) is 1. The van der Waals surface area contributed by atoms with Gasteiger partial charge in [0.15, 0.2) is 5.82 Å². The van der Waals surface area contributed by atoms with Gasteiger partial charge in [-0.25, -0.2) is 13.6 Å². The smallest absolute Gasteiger partial charge is 0.329 e. The maximum atomic E-state index is 17.3. The van der Waals surface area contributed by atoms with Crippen molar-refractivity contribution in [2.75, 3.05) is 57.8 Å². The monoisotopic (exact) mass is 1090 g/mol. The summed E-state index contributed by atoms with van der Waals surface area (Å²) >= 11 is 0. The average molecular weight is 1090 g/mol. The van der Waals surface area contributed by atoms with Gasteiger partial charge in [-0.3, -0.25) is 43.6 Å². The summed E-state index contributed by atoms with van der Waals surface area (Å²) in [6.07, 6.45) is 9.05. The Bertz CT molecular complexity index is 3670. The van der Waals surface area contributed by atoms with E-state index in [4.69, 9.17) is 14.7 Å². The fourth-order valence-electron chi connectivity index (χ4n) is 13.9. The molecule has 5 aliphatic heterocycles. The number of imidazole rings is 1. The lowest BCUT2D eigenvalue weighted by Crippen LogP contribution is -2.50. The molecule has 3 aromatic heterocycles. The Balaban J connectivity index is 0.700. The lowest BCUT2D eigenvalue weighted by atomic mass is 9.89. The molecule has 3 amide bonds. The highest BCUT2D eigenvalue weighted by Gasteiger charge is 2.50. The number of aromatic nitrogens is 5. The third kappa shape index (κ3) is 9.73. The van der Waals surface area contributed by atoms with Crippen molar-refractivity contribution in [3.05, 3.63) is 117 Å². The van der Waals surface area contributed by atoms with Crippen molar-refractivity contribution < 1.29 is 38.1 Å². The van der Waals surface area contributed by atoms with Gasteiger partial charge in [-0.05, 0) is 167 Å². The normalized spacial score (nSPS) is 23.1. The molecule has 7 aromatic rings. The van der Waals surface area contributed by atoms with Gasteiger partial charge in [0.25, 0.3) is 5.91 Å². The number of benzene rings is 4. The fourth-order valence-corrected chi connectivity index (χ4v) is 13.9. The highest BCUT2D eigenvalue weighted by molar-refractivity contribution is 6.02. The third-order valence-corrected chi connectivity index (χ3v) is 18.0. The number of amides is 3. The van der Waals surface area contributed by atoms with Crippen LogP contribution in [0.2, 0.25) is 0 Å². The first-order valence-corrected chi connectivity index (χ1v) is 28.3. The van der Waals surface area contributed by atoms with E-state index in [2.05, 4.69) is 32.2 Å². The first-order chi connectivity index (χ1) is 38.5. The molecule has 17 nitrogen and oxygen atoms in total. The molecule has 0 spiro atoms. The van der Waals surface area contributed by atoms with Gasteiger partial charge in [0, 0.05) is 70.1 Å². The number of piperidine rings is 3. The number of hydrogen-bond acceptors (Lipinski definition) is 13. The van der Waals surface area contributed by atoms with E-state index in [0.29, 0.717) is 83.3 Å². The second kappa shape index (κ2) is 21.0. The summed E-state index contributed by atoms with van der Waals surface area (Å²) in [5, 5.41) is 25.7. The molecular formula is C61H68F2N10O7. The molecule has 5 saturated heterocycles. The summed E-state index contributed by atoms with van der Waals surface area (Å²) in [4.78, 5) is 74.7. The van der Waals surface area contributed by atoms with Crippen LogP contribution in [0, 0.1) is 11.6 Å². The number of fused-ring (bicyclic) bond motifs is 4. The van der Waals surface area contributed by atoms with Gasteiger partial charge in [-0.2, -0.15) is 9.97 Å². The van der Waals surface area contributed by atoms with Crippen molar-refractivity contribution in [2.24, 2.45) is 7.05 Å². The van der Waals surface area contributed by atoms with Crippen LogP contribution in [0.25, 0.3) is 44.0 Å². The van der Waals surface area contributed by atoms with E-state index in [9.17, 15) is 29.4 Å². The first-order valence-electron chi connectivity index (χ1n) is 28.3. The molecule has 80 heavy (non-hydrogen) atoms. The minimum atomic E-state index is -1.01. The Kier molecular flexibility index (Phi) is 14.0. The van der Waals surface area contributed by atoms with Crippen LogP contribution in [-0.4, -0.2) is 137 Å². The highest BCUT2D eigenvalue weighted by Crippen LogP contribution is 2.44. The van der Waals surface area contributed by atoms with Gasteiger partial charge in [0.05, 0.1) is 27.6 Å². The number of carbonyl (C=O) groups excluding carboxylic acids is 3. The van der Waals surface area contributed by atoms with Crippen LogP contribution in [0.5, 0.6) is 11.8 Å². The lowest BCUT2D eigenvalue weighted by molar-refractivity contribution is -0.135. The molecule has 0 radical (unpaired) electrons. The second-order valence-electron chi connectivity index (χ2n) is 23.4. The zero-order valence-corrected chi connectivity index (χ0v) is 45.8. The van der Waals surface area contributed by atoms with Crippen molar-refractivity contribution in [3.63, 3.8) is 0 Å². The van der Waals surface area contributed by atoms with Gasteiger partial charge >= 0.3 is 11.7 Å². The Labute approximate surface area is 462 Å².